The molecule has 0 aromatic heterocycles. The van der Waals surface area contributed by atoms with Crippen molar-refractivity contribution in [3.05, 3.63) is 24.3 Å². The second-order valence-electron chi connectivity index (χ2n) is 4.82. The van der Waals surface area contributed by atoms with Crippen LogP contribution in [0, 0.1) is 0 Å². The molecule has 0 fully saturated rings. The van der Waals surface area contributed by atoms with Crippen LogP contribution in [0.1, 0.15) is 27.7 Å². The van der Waals surface area contributed by atoms with Gasteiger partial charge in [-0.25, -0.2) is 8.42 Å². The van der Waals surface area contributed by atoms with Crippen molar-refractivity contribution >= 4 is 21.4 Å². The van der Waals surface area contributed by atoms with E-state index in [4.69, 9.17) is 0 Å². The van der Waals surface area contributed by atoms with Crippen LogP contribution in [0.25, 0.3) is 0 Å². The number of benzene rings is 1. The molecule has 0 aliphatic heterocycles. The minimum Gasteiger partial charge on any atom is -0.326 e. The molecule has 0 bridgehead atoms. The quantitative estimate of drug-likeness (QED) is 0.881. The summed E-state index contributed by atoms with van der Waals surface area (Å²) in [6.45, 7) is 6.37. The summed E-state index contributed by atoms with van der Waals surface area (Å²) in [7, 11) is -3.33. The second-order valence-corrected chi connectivity index (χ2v) is 7.52. The number of carbonyl (C=O) groups is 1. The first-order chi connectivity index (χ1) is 7.64. The Balaban J connectivity index is 3.08. The van der Waals surface area contributed by atoms with Gasteiger partial charge in [-0.05, 0) is 45.0 Å². The van der Waals surface area contributed by atoms with E-state index in [-0.39, 0.29) is 10.8 Å². The number of nitrogens with one attached hydrogen (secondary N) is 1. The number of hydrogen-bond acceptors (Lipinski definition) is 3. The van der Waals surface area contributed by atoms with E-state index in [1.165, 1.54) is 19.1 Å². The summed E-state index contributed by atoms with van der Waals surface area (Å²) in [5, 5.41) is 2.59. The van der Waals surface area contributed by atoms with Gasteiger partial charge in [-0.1, -0.05) is 0 Å². The van der Waals surface area contributed by atoms with Crippen molar-refractivity contribution < 1.29 is 13.2 Å². The topological polar surface area (TPSA) is 63.2 Å². The normalized spacial score (nSPS) is 12.2. The molecule has 1 amide bonds. The summed E-state index contributed by atoms with van der Waals surface area (Å²) in [5.74, 6) is -0.184. The molecule has 94 valence electrons. The molecule has 5 heteroatoms. The minimum absolute atomic E-state index is 0.184. The van der Waals surface area contributed by atoms with Gasteiger partial charge in [0.25, 0.3) is 0 Å². The van der Waals surface area contributed by atoms with Crippen LogP contribution in [0.15, 0.2) is 29.2 Å². The van der Waals surface area contributed by atoms with Crippen LogP contribution in [0.2, 0.25) is 0 Å². The molecule has 0 atom stereocenters. The number of carbonyl (C=O) groups excluding carboxylic acids is 1. The fourth-order valence-corrected chi connectivity index (χ4v) is 2.48. The highest BCUT2D eigenvalue weighted by Gasteiger charge is 2.30. The van der Waals surface area contributed by atoms with Crippen molar-refractivity contribution in [3.63, 3.8) is 0 Å². The monoisotopic (exact) mass is 255 g/mol. The highest BCUT2D eigenvalue weighted by Crippen LogP contribution is 2.25. The first-order valence-electron chi connectivity index (χ1n) is 5.27. The van der Waals surface area contributed by atoms with E-state index in [1.54, 1.807) is 32.9 Å². The summed E-state index contributed by atoms with van der Waals surface area (Å²) in [6.07, 6.45) is 0. The van der Waals surface area contributed by atoms with Gasteiger partial charge in [0.05, 0.1) is 9.64 Å². The van der Waals surface area contributed by atoms with Crippen LogP contribution < -0.4 is 5.32 Å². The van der Waals surface area contributed by atoms with E-state index < -0.39 is 14.6 Å². The molecule has 1 rings (SSSR count). The summed E-state index contributed by atoms with van der Waals surface area (Å²) in [5.41, 5.74) is 0.588. The lowest BCUT2D eigenvalue weighted by molar-refractivity contribution is -0.114. The van der Waals surface area contributed by atoms with Crippen LogP contribution >= 0.6 is 0 Å². The first-order valence-corrected chi connectivity index (χ1v) is 6.75. The fraction of sp³-hybridized carbons (Fsp3) is 0.417. The molecule has 4 nitrogen and oxygen atoms in total. The van der Waals surface area contributed by atoms with Crippen LogP contribution in [-0.2, 0) is 14.6 Å². The molecule has 0 aliphatic rings. The Morgan fingerprint density at radius 3 is 1.94 bits per heavy atom. The Labute approximate surface area is 102 Å². The highest BCUT2D eigenvalue weighted by molar-refractivity contribution is 7.92. The predicted molar refractivity (Wildman–Crippen MR) is 67.7 cm³/mol. The smallest absolute Gasteiger partial charge is 0.221 e. The number of hydrogen-bond donors (Lipinski definition) is 1. The molecule has 0 heterocycles. The van der Waals surface area contributed by atoms with Gasteiger partial charge in [-0.2, -0.15) is 0 Å². The molecule has 0 spiro atoms. The molecular formula is C12H17NO3S. The van der Waals surface area contributed by atoms with E-state index in [2.05, 4.69) is 5.32 Å². The van der Waals surface area contributed by atoms with E-state index in [1.807, 2.05) is 0 Å². The molecule has 17 heavy (non-hydrogen) atoms. The van der Waals surface area contributed by atoms with Gasteiger partial charge in [0.15, 0.2) is 9.84 Å². The molecule has 0 saturated heterocycles. The van der Waals surface area contributed by atoms with Crippen LogP contribution in [0.5, 0.6) is 0 Å². The third-order valence-corrected chi connectivity index (χ3v) is 4.80. The van der Waals surface area contributed by atoms with Crippen molar-refractivity contribution in [2.45, 2.75) is 37.3 Å². The van der Waals surface area contributed by atoms with E-state index in [9.17, 15) is 13.2 Å². The van der Waals surface area contributed by atoms with Crippen LogP contribution in [0.3, 0.4) is 0 Å². The Bertz CT molecular complexity index is 510. The minimum atomic E-state index is -3.33. The van der Waals surface area contributed by atoms with E-state index in [0.717, 1.165) is 0 Å². The Morgan fingerprint density at radius 2 is 1.59 bits per heavy atom. The Hall–Kier alpha value is -1.36. The van der Waals surface area contributed by atoms with Gasteiger partial charge in [0.2, 0.25) is 5.91 Å². The molecule has 1 N–H and O–H groups in total. The zero-order valence-electron chi connectivity index (χ0n) is 10.4. The van der Waals surface area contributed by atoms with E-state index >= 15 is 0 Å². The zero-order chi connectivity index (χ0) is 13.3. The fourth-order valence-electron chi connectivity index (χ4n) is 1.27. The van der Waals surface area contributed by atoms with Crippen molar-refractivity contribution in [2.24, 2.45) is 0 Å². The molecule has 0 aliphatic carbocycles. The maximum atomic E-state index is 12.1. The van der Waals surface area contributed by atoms with Crippen molar-refractivity contribution in [3.8, 4) is 0 Å². The number of sulfone groups is 1. The second kappa shape index (κ2) is 4.49. The molecule has 1 aromatic carbocycles. The van der Waals surface area contributed by atoms with Crippen molar-refractivity contribution in [2.75, 3.05) is 5.32 Å². The van der Waals surface area contributed by atoms with Gasteiger partial charge >= 0.3 is 0 Å². The van der Waals surface area contributed by atoms with Gasteiger partial charge in [0.1, 0.15) is 0 Å². The maximum Gasteiger partial charge on any atom is 0.221 e. The van der Waals surface area contributed by atoms with Crippen LogP contribution in [0.4, 0.5) is 5.69 Å². The van der Waals surface area contributed by atoms with Gasteiger partial charge < -0.3 is 5.32 Å². The lowest BCUT2D eigenvalue weighted by Crippen LogP contribution is -2.27. The molecule has 0 unspecified atom stereocenters. The molecule has 1 aromatic rings. The largest absolute Gasteiger partial charge is 0.326 e. The third-order valence-electron chi connectivity index (χ3n) is 2.29. The predicted octanol–water partition coefficient (Wildman–Crippen LogP) is 2.22. The van der Waals surface area contributed by atoms with E-state index in [0.29, 0.717) is 5.69 Å². The molecule has 0 radical (unpaired) electrons. The molecule has 0 saturated carbocycles. The lowest BCUT2D eigenvalue weighted by Gasteiger charge is -2.19. The average molecular weight is 255 g/mol. The zero-order valence-corrected chi connectivity index (χ0v) is 11.3. The first kappa shape index (κ1) is 13.7. The summed E-state index contributed by atoms with van der Waals surface area (Å²) in [4.78, 5) is 11.1. The number of anilines is 1. The van der Waals surface area contributed by atoms with Crippen molar-refractivity contribution in [1.29, 1.82) is 0 Å². The van der Waals surface area contributed by atoms with Gasteiger partial charge in [-0.3, -0.25) is 4.79 Å². The van der Waals surface area contributed by atoms with Gasteiger partial charge in [-0.15, -0.1) is 0 Å². The number of amides is 1. The highest BCUT2D eigenvalue weighted by atomic mass is 32.2. The number of rotatable bonds is 2. The SMILES string of the molecule is CC(=O)Nc1ccc(S(=O)(=O)C(C)(C)C)cc1. The van der Waals surface area contributed by atoms with Crippen LogP contribution in [-0.4, -0.2) is 19.1 Å². The summed E-state index contributed by atoms with van der Waals surface area (Å²) < 4.78 is 23.4. The lowest BCUT2D eigenvalue weighted by atomic mass is 10.3. The Kier molecular flexibility index (Phi) is 3.62. The maximum absolute atomic E-state index is 12.1. The summed E-state index contributed by atoms with van der Waals surface area (Å²) >= 11 is 0. The average Bonchev–Trinajstić information content (AvgIpc) is 2.15. The third kappa shape index (κ3) is 3.06. The van der Waals surface area contributed by atoms with Gasteiger partial charge in [0, 0.05) is 12.6 Å². The Morgan fingerprint density at radius 1 is 1.12 bits per heavy atom. The van der Waals surface area contributed by atoms with Crippen molar-refractivity contribution in [1.82, 2.24) is 0 Å². The molecular weight excluding hydrogens is 238 g/mol. The summed E-state index contributed by atoms with van der Waals surface area (Å²) in [6, 6.07) is 6.18. The standard InChI is InChI=1S/C12H17NO3S/c1-9(14)13-10-5-7-11(8-6-10)17(15,16)12(2,3)4/h5-8H,1-4H3,(H,13,14).